The molecule has 0 amide bonds. The second-order valence-electron chi connectivity index (χ2n) is 3.43. The maximum atomic E-state index is 9.79. The maximum absolute atomic E-state index is 9.79. The van der Waals surface area contributed by atoms with E-state index in [1.807, 2.05) is 38.1 Å². The van der Waals surface area contributed by atoms with E-state index in [9.17, 15) is 5.11 Å². The Hall–Kier alpha value is -0.860. The topological polar surface area (TPSA) is 46.2 Å². The van der Waals surface area contributed by atoms with E-state index in [1.165, 1.54) is 0 Å². The number of nitrogens with two attached hydrogens (primary N) is 1. The van der Waals surface area contributed by atoms with Crippen LogP contribution in [0.25, 0.3) is 0 Å². The standard InChI is InChI=1S/C11H17NO/c1-3-10(12)11(13)9-6-4-5-8(2)7-9/h4-7,10-11,13H,3,12H2,1-2H3/t10-,11-/m0/s1. The SMILES string of the molecule is CC[C@H](N)[C@@H](O)c1cccc(C)c1. The molecule has 0 saturated heterocycles. The Balaban J connectivity index is 2.82. The van der Waals surface area contributed by atoms with E-state index in [0.717, 1.165) is 17.5 Å². The highest BCUT2D eigenvalue weighted by molar-refractivity contribution is 5.24. The molecule has 1 aromatic rings. The molecule has 0 aromatic heterocycles. The summed E-state index contributed by atoms with van der Waals surface area (Å²) in [6, 6.07) is 7.67. The third-order valence-corrected chi connectivity index (χ3v) is 2.26. The van der Waals surface area contributed by atoms with Gasteiger partial charge in [0.2, 0.25) is 0 Å². The van der Waals surface area contributed by atoms with Gasteiger partial charge in [0.15, 0.2) is 0 Å². The number of hydrogen-bond acceptors (Lipinski definition) is 2. The number of hydrogen-bond donors (Lipinski definition) is 2. The lowest BCUT2D eigenvalue weighted by atomic mass is 10.00. The first-order valence-electron chi connectivity index (χ1n) is 4.65. The highest BCUT2D eigenvalue weighted by Gasteiger charge is 2.14. The molecule has 0 saturated carbocycles. The van der Waals surface area contributed by atoms with Crippen molar-refractivity contribution in [1.82, 2.24) is 0 Å². The Bertz CT molecular complexity index is 273. The molecule has 0 aliphatic carbocycles. The highest BCUT2D eigenvalue weighted by Crippen LogP contribution is 2.18. The molecule has 2 atom stereocenters. The summed E-state index contributed by atoms with van der Waals surface area (Å²) in [7, 11) is 0. The van der Waals surface area contributed by atoms with Crippen molar-refractivity contribution in [2.75, 3.05) is 0 Å². The molecule has 0 spiro atoms. The fourth-order valence-electron chi connectivity index (χ4n) is 1.32. The first-order chi connectivity index (χ1) is 6.15. The Kier molecular flexibility index (Phi) is 3.46. The zero-order valence-electron chi connectivity index (χ0n) is 8.20. The molecule has 0 aliphatic heterocycles. The molecule has 2 heteroatoms. The molecule has 1 aromatic carbocycles. The van der Waals surface area contributed by atoms with Gasteiger partial charge in [-0.25, -0.2) is 0 Å². The minimum Gasteiger partial charge on any atom is -0.387 e. The first-order valence-corrected chi connectivity index (χ1v) is 4.65. The van der Waals surface area contributed by atoms with Gasteiger partial charge in [0.05, 0.1) is 6.10 Å². The smallest absolute Gasteiger partial charge is 0.0940 e. The fraction of sp³-hybridized carbons (Fsp3) is 0.455. The molecule has 3 N–H and O–H groups in total. The van der Waals surface area contributed by atoms with Gasteiger partial charge >= 0.3 is 0 Å². The predicted octanol–water partition coefficient (Wildman–Crippen LogP) is 1.77. The van der Waals surface area contributed by atoms with Crippen LogP contribution in [0.3, 0.4) is 0 Å². The average molecular weight is 179 g/mol. The van der Waals surface area contributed by atoms with Gasteiger partial charge in [0.1, 0.15) is 0 Å². The van der Waals surface area contributed by atoms with Gasteiger partial charge in [-0.15, -0.1) is 0 Å². The molecule has 0 heterocycles. The van der Waals surface area contributed by atoms with Crippen LogP contribution in [0.1, 0.15) is 30.6 Å². The summed E-state index contributed by atoms with van der Waals surface area (Å²) in [4.78, 5) is 0. The van der Waals surface area contributed by atoms with E-state index in [0.29, 0.717) is 0 Å². The maximum Gasteiger partial charge on any atom is 0.0940 e. The summed E-state index contributed by atoms with van der Waals surface area (Å²) in [5, 5.41) is 9.79. The van der Waals surface area contributed by atoms with E-state index in [1.54, 1.807) is 0 Å². The van der Waals surface area contributed by atoms with Crippen LogP contribution in [-0.4, -0.2) is 11.1 Å². The largest absolute Gasteiger partial charge is 0.387 e. The molecule has 13 heavy (non-hydrogen) atoms. The van der Waals surface area contributed by atoms with E-state index >= 15 is 0 Å². The third-order valence-electron chi connectivity index (χ3n) is 2.26. The Morgan fingerprint density at radius 1 is 1.46 bits per heavy atom. The lowest BCUT2D eigenvalue weighted by Crippen LogP contribution is -2.27. The fourth-order valence-corrected chi connectivity index (χ4v) is 1.32. The molecule has 0 radical (unpaired) electrons. The molecule has 0 fully saturated rings. The van der Waals surface area contributed by atoms with Crippen molar-refractivity contribution in [1.29, 1.82) is 0 Å². The second kappa shape index (κ2) is 4.40. The van der Waals surface area contributed by atoms with Gasteiger partial charge < -0.3 is 10.8 Å². The zero-order valence-corrected chi connectivity index (χ0v) is 8.20. The molecule has 1 rings (SSSR count). The Labute approximate surface area is 79.4 Å². The van der Waals surface area contributed by atoms with Crippen LogP contribution >= 0.6 is 0 Å². The van der Waals surface area contributed by atoms with Gasteiger partial charge in [-0.05, 0) is 18.9 Å². The molecule has 2 nitrogen and oxygen atoms in total. The van der Waals surface area contributed by atoms with E-state index in [4.69, 9.17) is 5.73 Å². The van der Waals surface area contributed by atoms with Crippen LogP contribution in [0.2, 0.25) is 0 Å². The predicted molar refractivity (Wildman–Crippen MR) is 54.4 cm³/mol. The number of aliphatic hydroxyl groups excluding tert-OH is 1. The average Bonchev–Trinajstić information content (AvgIpc) is 2.15. The summed E-state index contributed by atoms with van der Waals surface area (Å²) in [6.45, 7) is 3.98. The van der Waals surface area contributed by atoms with E-state index in [2.05, 4.69) is 0 Å². The molecular formula is C11H17NO. The van der Waals surface area contributed by atoms with Crippen molar-refractivity contribution in [3.05, 3.63) is 35.4 Å². The zero-order chi connectivity index (χ0) is 9.84. The Morgan fingerprint density at radius 3 is 2.69 bits per heavy atom. The lowest BCUT2D eigenvalue weighted by molar-refractivity contribution is 0.144. The summed E-state index contributed by atoms with van der Waals surface area (Å²) in [6.07, 6.45) is 0.250. The molecular weight excluding hydrogens is 162 g/mol. The second-order valence-corrected chi connectivity index (χ2v) is 3.43. The summed E-state index contributed by atoms with van der Waals surface area (Å²) in [5.41, 5.74) is 7.81. The van der Waals surface area contributed by atoms with Crippen LogP contribution in [0.5, 0.6) is 0 Å². The van der Waals surface area contributed by atoms with Crippen LogP contribution in [0.4, 0.5) is 0 Å². The van der Waals surface area contributed by atoms with Crippen molar-refractivity contribution in [3.8, 4) is 0 Å². The van der Waals surface area contributed by atoms with Crippen LogP contribution in [-0.2, 0) is 0 Å². The van der Waals surface area contributed by atoms with Crippen LogP contribution in [0, 0.1) is 6.92 Å². The number of aliphatic hydroxyl groups is 1. The van der Waals surface area contributed by atoms with Crippen LogP contribution < -0.4 is 5.73 Å². The first kappa shape index (κ1) is 10.2. The lowest BCUT2D eigenvalue weighted by Gasteiger charge is -2.17. The van der Waals surface area contributed by atoms with Gasteiger partial charge in [0, 0.05) is 6.04 Å². The number of aryl methyl sites for hydroxylation is 1. The molecule has 0 bridgehead atoms. The van der Waals surface area contributed by atoms with Crippen molar-refractivity contribution in [2.24, 2.45) is 5.73 Å². The van der Waals surface area contributed by atoms with E-state index in [-0.39, 0.29) is 6.04 Å². The van der Waals surface area contributed by atoms with Gasteiger partial charge in [0.25, 0.3) is 0 Å². The monoisotopic (exact) mass is 179 g/mol. The third kappa shape index (κ3) is 2.54. The van der Waals surface area contributed by atoms with Gasteiger partial charge in [-0.3, -0.25) is 0 Å². The van der Waals surface area contributed by atoms with Crippen LogP contribution in [0.15, 0.2) is 24.3 Å². The molecule has 0 aliphatic rings. The van der Waals surface area contributed by atoms with E-state index < -0.39 is 6.10 Å². The summed E-state index contributed by atoms with van der Waals surface area (Å²) >= 11 is 0. The van der Waals surface area contributed by atoms with Gasteiger partial charge in [-0.1, -0.05) is 36.8 Å². The minimum absolute atomic E-state index is 0.165. The quantitative estimate of drug-likeness (QED) is 0.742. The number of benzene rings is 1. The van der Waals surface area contributed by atoms with Gasteiger partial charge in [-0.2, -0.15) is 0 Å². The van der Waals surface area contributed by atoms with Crippen molar-refractivity contribution in [2.45, 2.75) is 32.4 Å². The van der Waals surface area contributed by atoms with Crippen molar-refractivity contribution in [3.63, 3.8) is 0 Å². The minimum atomic E-state index is -0.537. The van der Waals surface area contributed by atoms with Crippen molar-refractivity contribution < 1.29 is 5.11 Å². The molecule has 0 unspecified atom stereocenters. The van der Waals surface area contributed by atoms with Crippen molar-refractivity contribution >= 4 is 0 Å². The number of rotatable bonds is 3. The Morgan fingerprint density at radius 2 is 2.15 bits per heavy atom. The summed E-state index contributed by atoms with van der Waals surface area (Å²) in [5.74, 6) is 0. The highest BCUT2D eigenvalue weighted by atomic mass is 16.3. The normalized spacial score (nSPS) is 15.4. The molecule has 72 valence electrons. The summed E-state index contributed by atoms with van der Waals surface area (Å²) < 4.78 is 0.